The number of rotatable bonds is 6. The summed E-state index contributed by atoms with van der Waals surface area (Å²) in [5.74, 6) is 0.746. The largest absolute Gasteiger partial charge is 0.497 e. The lowest BCUT2D eigenvalue weighted by Gasteiger charge is -2.18. The summed E-state index contributed by atoms with van der Waals surface area (Å²) in [4.78, 5) is 2.63. The summed E-state index contributed by atoms with van der Waals surface area (Å²) in [6.07, 6.45) is 3.03. The molecule has 0 aliphatic heterocycles. The van der Waals surface area contributed by atoms with Crippen molar-refractivity contribution in [3.8, 4) is 17.0 Å². The normalized spacial score (nSPS) is 11.8. The molecule has 0 atom stereocenters. The fourth-order valence-corrected chi connectivity index (χ4v) is 4.86. The Morgan fingerprint density at radius 3 is 2.10 bits per heavy atom. The Bertz CT molecular complexity index is 1180. The molecule has 8 heteroatoms. The lowest BCUT2D eigenvalue weighted by atomic mass is 9.95. The third kappa shape index (κ3) is 3.95. The van der Waals surface area contributed by atoms with Crippen LogP contribution in [-0.2, 0) is 10.0 Å². The second kappa shape index (κ2) is 8.31. The summed E-state index contributed by atoms with van der Waals surface area (Å²) < 4.78 is 31.1. The maximum absolute atomic E-state index is 13.0. The molecule has 0 aliphatic carbocycles. The molecule has 30 heavy (non-hydrogen) atoms. The zero-order valence-electron chi connectivity index (χ0n) is 18.0. The van der Waals surface area contributed by atoms with Gasteiger partial charge in [-0.1, -0.05) is 0 Å². The number of nitrogens with one attached hydrogen (secondary N) is 2. The van der Waals surface area contributed by atoms with E-state index < -0.39 is 10.0 Å². The molecule has 0 fully saturated rings. The van der Waals surface area contributed by atoms with E-state index in [2.05, 4.69) is 20.1 Å². The van der Waals surface area contributed by atoms with Gasteiger partial charge in [0.15, 0.2) is 0 Å². The van der Waals surface area contributed by atoms with E-state index in [1.807, 2.05) is 58.9 Å². The van der Waals surface area contributed by atoms with Gasteiger partial charge in [0.2, 0.25) is 0 Å². The maximum Gasteiger partial charge on any atom is 0.277 e. The van der Waals surface area contributed by atoms with Crippen LogP contribution in [0, 0.1) is 34.6 Å². The van der Waals surface area contributed by atoms with Gasteiger partial charge in [0.05, 0.1) is 30.1 Å². The van der Waals surface area contributed by atoms with E-state index in [9.17, 15) is 8.42 Å². The summed E-state index contributed by atoms with van der Waals surface area (Å²) in [5.41, 5.74) is 6.80. The topological polar surface area (TPSA) is 96.4 Å². The monoisotopic (exact) mass is 426 g/mol. The molecular weight excluding hydrogens is 400 g/mol. The Kier molecular flexibility index (Phi) is 5.98. The zero-order chi connectivity index (χ0) is 22.1. The van der Waals surface area contributed by atoms with Crippen molar-refractivity contribution in [1.82, 2.24) is 15.0 Å². The molecule has 1 aromatic heterocycles. The number of hydrogen-bond donors (Lipinski definition) is 2. The molecule has 0 radical (unpaired) electrons. The van der Waals surface area contributed by atoms with Gasteiger partial charge in [0.25, 0.3) is 10.0 Å². The van der Waals surface area contributed by atoms with Crippen LogP contribution >= 0.6 is 0 Å². The second-order valence-corrected chi connectivity index (χ2v) is 8.83. The minimum atomic E-state index is -3.82. The molecule has 7 nitrogen and oxygen atoms in total. The van der Waals surface area contributed by atoms with Crippen LogP contribution in [0.4, 0.5) is 0 Å². The SMILES string of the molecule is COc1ccc(-c2[nH]ncc2C=NNS(=O)(=O)c2c(C)c(C)c(C)c(C)c2C)cc1. The van der Waals surface area contributed by atoms with E-state index >= 15 is 0 Å². The van der Waals surface area contributed by atoms with Crippen LogP contribution in [0.3, 0.4) is 0 Å². The summed E-state index contributed by atoms with van der Waals surface area (Å²) in [5, 5.41) is 11.0. The maximum atomic E-state index is 13.0. The van der Waals surface area contributed by atoms with Crippen LogP contribution in [0.5, 0.6) is 5.75 Å². The van der Waals surface area contributed by atoms with Gasteiger partial charge in [-0.3, -0.25) is 5.10 Å². The summed E-state index contributed by atoms with van der Waals surface area (Å²) >= 11 is 0. The number of aromatic amines is 1. The molecule has 0 amide bonds. The van der Waals surface area contributed by atoms with Crippen LogP contribution in [0.15, 0.2) is 40.5 Å². The van der Waals surface area contributed by atoms with Crippen LogP contribution < -0.4 is 9.57 Å². The molecule has 0 saturated heterocycles. The first-order chi connectivity index (χ1) is 14.2. The average Bonchev–Trinajstić information content (AvgIpc) is 3.19. The van der Waals surface area contributed by atoms with E-state index in [0.717, 1.165) is 44.8 Å². The van der Waals surface area contributed by atoms with Crippen molar-refractivity contribution in [2.75, 3.05) is 7.11 Å². The van der Waals surface area contributed by atoms with Crippen molar-refractivity contribution in [1.29, 1.82) is 0 Å². The fraction of sp³-hybridized carbons (Fsp3) is 0.273. The molecule has 0 spiro atoms. The lowest BCUT2D eigenvalue weighted by molar-refractivity contribution is 0.415. The Morgan fingerprint density at radius 2 is 1.53 bits per heavy atom. The van der Waals surface area contributed by atoms with Gasteiger partial charge in [0, 0.05) is 11.1 Å². The number of methoxy groups -OCH3 is 1. The smallest absolute Gasteiger partial charge is 0.277 e. The molecule has 3 rings (SSSR count). The molecular formula is C22H26N4O3S. The third-order valence-corrected chi connectivity index (χ3v) is 7.12. The van der Waals surface area contributed by atoms with E-state index in [1.54, 1.807) is 13.3 Å². The zero-order valence-corrected chi connectivity index (χ0v) is 18.8. The number of nitrogens with zero attached hydrogens (tertiary/aromatic N) is 2. The van der Waals surface area contributed by atoms with E-state index in [4.69, 9.17) is 4.74 Å². The highest BCUT2D eigenvalue weighted by Crippen LogP contribution is 2.29. The molecule has 1 heterocycles. The summed E-state index contributed by atoms with van der Waals surface area (Å²) in [6.45, 7) is 9.53. The van der Waals surface area contributed by atoms with Crippen molar-refractivity contribution < 1.29 is 13.2 Å². The van der Waals surface area contributed by atoms with Crippen molar-refractivity contribution in [3.05, 3.63) is 63.8 Å². The van der Waals surface area contributed by atoms with Crippen LogP contribution in [0.2, 0.25) is 0 Å². The molecule has 2 aromatic carbocycles. The quantitative estimate of drug-likeness (QED) is 0.461. The molecule has 0 aliphatic rings. The van der Waals surface area contributed by atoms with Gasteiger partial charge in [0.1, 0.15) is 5.75 Å². The van der Waals surface area contributed by atoms with Gasteiger partial charge in [-0.05, 0) is 86.7 Å². The van der Waals surface area contributed by atoms with Gasteiger partial charge in [-0.2, -0.15) is 18.6 Å². The van der Waals surface area contributed by atoms with Crippen LogP contribution in [0.1, 0.15) is 33.4 Å². The Morgan fingerprint density at radius 1 is 0.967 bits per heavy atom. The molecule has 158 valence electrons. The minimum Gasteiger partial charge on any atom is -0.497 e. The van der Waals surface area contributed by atoms with Crippen molar-refractivity contribution >= 4 is 16.2 Å². The van der Waals surface area contributed by atoms with Crippen molar-refractivity contribution in [2.24, 2.45) is 5.10 Å². The second-order valence-electron chi connectivity index (χ2n) is 7.24. The third-order valence-electron chi connectivity index (χ3n) is 5.62. The number of hydrogen-bond acceptors (Lipinski definition) is 5. The number of hydrazone groups is 1. The van der Waals surface area contributed by atoms with E-state index in [0.29, 0.717) is 5.56 Å². The van der Waals surface area contributed by atoms with E-state index in [1.165, 1.54) is 6.21 Å². The number of H-pyrrole nitrogens is 1. The fourth-order valence-electron chi connectivity index (χ4n) is 3.46. The summed E-state index contributed by atoms with van der Waals surface area (Å²) in [6, 6.07) is 7.46. The van der Waals surface area contributed by atoms with Crippen molar-refractivity contribution in [3.63, 3.8) is 0 Å². The lowest BCUT2D eigenvalue weighted by Crippen LogP contribution is -2.22. The highest BCUT2D eigenvalue weighted by Gasteiger charge is 2.23. The Hall–Kier alpha value is -3.13. The molecule has 0 saturated carbocycles. The molecule has 0 bridgehead atoms. The average molecular weight is 427 g/mol. The van der Waals surface area contributed by atoms with Gasteiger partial charge in [-0.25, -0.2) is 4.83 Å². The first-order valence-electron chi connectivity index (χ1n) is 9.47. The van der Waals surface area contributed by atoms with Crippen molar-refractivity contribution in [2.45, 2.75) is 39.5 Å². The highest BCUT2D eigenvalue weighted by molar-refractivity contribution is 7.89. The Labute approximate surface area is 177 Å². The van der Waals surface area contributed by atoms with Crippen LogP contribution in [0.25, 0.3) is 11.3 Å². The predicted molar refractivity (Wildman–Crippen MR) is 119 cm³/mol. The van der Waals surface area contributed by atoms with E-state index in [-0.39, 0.29) is 4.90 Å². The number of ether oxygens (including phenoxy) is 1. The van der Waals surface area contributed by atoms with Crippen LogP contribution in [-0.4, -0.2) is 31.9 Å². The first-order valence-corrected chi connectivity index (χ1v) is 10.9. The highest BCUT2D eigenvalue weighted by atomic mass is 32.2. The van der Waals surface area contributed by atoms with Gasteiger partial charge >= 0.3 is 0 Å². The first kappa shape index (κ1) is 21.6. The number of aromatic nitrogens is 2. The minimum absolute atomic E-state index is 0.280. The molecule has 0 unspecified atom stereocenters. The predicted octanol–water partition coefficient (Wildman–Crippen LogP) is 3.94. The van der Waals surface area contributed by atoms with Gasteiger partial charge in [-0.15, -0.1) is 0 Å². The number of benzene rings is 2. The molecule has 3 aromatic rings. The summed E-state index contributed by atoms with van der Waals surface area (Å²) in [7, 11) is -2.21. The Balaban J connectivity index is 1.89. The number of sulfonamides is 1. The molecule has 2 N–H and O–H groups in total. The van der Waals surface area contributed by atoms with Gasteiger partial charge < -0.3 is 4.74 Å². The standard InChI is InChI=1S/C22H26N4O3S/c1-13-14(2)16(4)22(17(5)15(13)3)30(27,28)26-24-12-19-11-23-25-21(19)18-7-9-20(29-6)10-8-18/h7-12,26H,1-6H3,(H,23,25).